The molecule has 0 radical (unpaired) electrons. The average molecular weight is 384 g/mol. The molecule has 2 fully saturated rings. The van der Waals surface area contributed by atoms with Crippen molar-refractivity contribution in [1.29, 1.82) is 0 Å². The number of halogens is 6. The summed E-state index contributed by atoms with van der Waals surface area (Å²) >= 11 is 0. The molecule has 2 heterocycles. The summed E-state index contributed by atoms with van der Waals surface area (Å²) in [7, 11) is 1.06. The number of hydrogen-bond donors (Lipinski definition) is 1. The van der Waals surface area contributed by atoms with Crippen molar-refractivity contribution in [3.8, 4) is 0 Å². The van der Waals surface area contributed by atoms with Gasteiger partial charge in [0.1, 0.15) is 17.6 Å². The number of methoxy groups -OCH3 is 1. The summed E-state index contributed by atoms with van der Waals surface area (Å²) in [5.74, 6) is -2.09. The van der Waals surface area contributed by atoms with Crippen molar-refractivity contribution in [2.24, 2.45) is 5.92 Å². The highest BCUT2D eigenvalue weighted by Crippen LogP contribution is 2.46. The Morgan fingerprint density at radius 3 is 2.38 bits per heavy atom. The van der Waals surface area contributed by atoms with Gasteiger partial charge in [-0.3, -0.25) is 0 Å². The van der Waals surface area contributed by atoms with Crippen LogP contribution in [0.2, 0.25) is 0 Å². The molecule has 11 heteroatoms. The van der Waals surface area contributed by atoms with Crippen molar-refractivity contribution < 1.29 is 41.0 Å². The molecule has 1 aromatic rings. The van der Waals surface area contributed by atoms with E-state index in [1.807, 2.05) is 0 Å². The number of esters is 1. The molecule has 0 amide bonds. The topological polar surface area (TPSA) is 62.7 Å². The zero-order valence-corrected chi connectivity index (χ0v) is 13.3. The predicted molar refractivity (Wildman–Crippen MR) is 75.0 cm³/mol. The van der Waals surface area contributed by atoms with Crippen molar-refractivity contribution in [2.75, 3.05) is 12.0 Å². The lowest BCUT2D eigenvalue weighted by Gasteiger charge is -2.36. The molecule has 3 rings (SSSR count). The smallest absolute Gasteiger partial charge is 0.433 e. The van der Waals surface area contributed by atoms with Crippen LogP contribution < -0.4 is 4.90 Å². The number of carbonyl (C=O) groups excluding carboxylic acids is 1. The number of anilines is 1. The second-order valence-corrected chi connectivity index (χ2v) is 6.33. The van der Waals surface area contributed by atoms with E-state index in [1.54, 1.807) is 0 Å². The van der Waals surface area contributed by atoms with Crippen LogP contribution >= 0.6 is 0 Å². The maximum Gasteiger partial charge on any atom is 0.433 e. The van der Waals surface area contributed by atoms with Gasteiger partial charge in [0.15, 0.2) is 0 Å². The van der Waals surface area contributed by atoms with E-state index in [9.17, 15) is 36.2 Å². The molecule has 1 aromatic heterocycles. The number of fused-ring (bicyclic) bond motifs is 2. The number of aliphatic hydroxyl groups excluding tert-OH is 1. The SMILES string of the molecule is COC(=O)[C@@H]1[C@@H]2C[C@@H](C[C@H]2O)N1c1cc(C(F)(F)F)cc(C(F)(F)F)n1. The number of hydrogen-bond acceptors (Lipinski definition) is 5. The third-order valence-corrected chi connectivity index (χ3v) is 4.79. The summed E-state index contributed by atoms with van der Waals surface area (Å²) < 4.78 is 82.8. The molecule has 2 aliphatic rings. The second kappa shape index (κ2) is 6.00. The molecule has 2 bridgehead atoms. The zero-order valence-electron chi connectivity index (χ0n) is 13.3. The summed E-state index contributed by atoms with van der Waals surface area (Å²) in [6.07, 6.45) is -10.6. The van der Waals surface area contributed by atoms with Crippen LogP contribution in [0.1, 0.15) is 24.1 Å². The van der Waals surface area contributed by atoms with Gasteiger partial charge in [-0.15, -0.1) is 0 Å². The molecule has 0 unspecified atom stereocenters. The van der Waals surface area contributed by atoms with E-state index in [2.05, 4.69) is 9.72 Å². The van der Waals surface area contributed by atoms with Crippen LogP contribution in [0.5, 0.6) is 0 Å². The van der Waals surface area contributed by atoms with Gasteiger partial charge in [-0.1, -0.05) is 0 Å². The Bertz CT molecular complexity index is 688. The van der Waals surface area contributed by atoms with Gasteiger partial charge in [-0.2, -0.15) is 26.3 Å². The first-order valence-electron chi connectivity index (χ1n) is 7.64. The normalized spacial score (nSPS) is 28.5. The fraction of sp³-hybridized carbons (Fsp3) is 0.600. The van der Waals surface area contributed by atoms with Crippen LogP contribution in [0.3, 0.4) is 0 Å². The molecule has 26 heavy (non-hydrogen) atoms. The van der Waals surface area contributed by atoms with Gasteiger partial charge in [0, 0.05) is 12.0 Å². The lowest BCUT2D eigenvalue weighted by Crippen LogP contribution is -2.51. The minimum Gasteiger partial charge on any atom is -0.467 e. The third kappa shape index (κ3) is 3.08. The monoisotopic (exact) mass is 384 g/mol. The van der Waals surface area contributed by atoms with E-state index < -0.39 is 59.5 Å². The fourth-order valence-corrected chi connectivity index (χ4v) is 3.72. The van der Waals surface area contributed by atoms with Gasteiger partial charge >= 0.3 is 18.3 Å². The lowest BCUT2D eigenvalue weighted by molar-refractivity contribution is -0.145. The number of piperidine rings is 1. The zero-order chi connectivity index (χ0) is 19.4. The summed E-state index contributed by atoms with van der Waals surface area (Å²) in [5, 5.41) is 9.95. The van der Waals surface area contributed by atoms with E-state index in [0.29, 0.717) is 6.07 Å². The van der Waals surface area contributed by atoms with Crippen molar-refractivity contribution >= 4 is 11.8 Å². The van der Waals surface area contributed by atoms with Crippen LogP contribution in [0.25, 0.3) is 0 Å². The van der Waals surface area contributed by atoms with Gasteiger partial charge in [-0.25, -0.2) is 9.78 Å². The summed E-state index contributed by atoms with van der Waals surface area (Å²) in [4.78, 5) is 16.5. The standard InChI is InChI=1S/C15H14F6N2O3/c1-26-13(25)12-8-4-7(5-9(8)24)23(12)11-3-6(14(16,17)18)2-10(22-11)15(19,20)21/h2-3,7-9,12,24H,4-5H2,1H3/t7-,8+,9+,12-/m0/s1. The van der Waals surface area contributed by atoms with Gasteiger partial charge in [-0.05, 0) is 25.0 Å². The number of nitrogens with zero attached hydrogens (tertiary/aromatic N) is 2. The van der Waals surface area contributed by atoms with Crippen LogP contribution in [-0.2, 0) is 21.9 Å². The number of alkyl halides is 6. The first-order valence-corrected chi connectivity index (χ1v) is 7.64. The van der Waals surface area contributed by atoms with E-state index >= 15 is 0 Å². The first kappa shape index (κ1) is 18.7. The lowest BCUT2D eigenvalue weighted by atomic mass is 9.96. The molecule has 5 nitrogen and oxygen atoms in total. The average Bonchev–Trinajstić information content (AvgIpc) is 3.08. The Morgan fingerprint density at radius 1 is 1.19 bits per heavy atom. The van der Waals surface area contributed by atoms with E-state index in [1.165, 1.54) is 0 Å². The first-order chi connectivity index (χ1) is 11.9. The summed E-state index contributed by atoms with van der Waals surface area (Å²) in [5.41, 5.74) is -3.21. The number of aliphatic hydroxyl groups is 1. The van der Waals surface area contributed by atoms with Crippen LogP contribution in [0.4, 0.5) is 32.2 Å². The molecule has 0 spiro atoms. The molecule has 1 aliphatic heterocycles. The number of ether oxygens (including phenoxy) is 1. The highest BCUT2D eigenvalue weighted by Gasteiger charge is 2.55. The maximum absolute atomic E-state index is 13.0. The maximum atomic E-state index is 13.0. The molecule has 1 aliphatic carbocycles. The number of carbonyl (C=O) groups is 1. The van der Waals surface area contributed by atoms with Crippen molar-refractivity contribution in [3.05, 3.63) is 23.4 Å². The number of rotatable bonds is 2. The highest BCUT2D eigenvalue weighted by atomic mass is 19.4. The summed E-state index contributed by atoms with van der Waals surface area (Å²) in [6.45, 7) is 0. The Hall–Kier alpha value is -2.04. The Balaban J connectivity index is 2.11. The molecule has 144 valence electrons. The van der Waals surface area contributed by atoms with Crippen molar-refractivity contribution in [1.82, 2.24) is 4.98 Å². The molecule has 1 saturated heterocycles. The van der Waals surface area contributed by atoms with Crippen LogP contribution in [-0.4, -0.2) is 41.4 Å². The summed E-state index contributed by atoms with van der Waals surface area (Å²) in [6, 6.07) is -1.38. The molecule has 1 saturated carbocycles. The molecule has 4 atom stereocenters. The number of pyridine rings is 1. The predicted octanol–water partition coefficient (Wildman–Crippen LogP) is 2.62. The Labute approximate surface area is 143 Å². The second-order valence-electron chi connectivity index (χ2n) is 6.33. The van der Waals surface area contributed by atoms with Crippen LogP contribution in [0, 0.1) is 5.92 Å². The molecule has 1 N–H and O–H groups in total. The molecular formula is C15H14F6N2O3. The van der Waals surface area contributed by atoms with Gasteiger partial charge in [0.05, 0.1) is 18.8 Å². The quantitative estimate of drug-likeness (QED) is 0.628. The van der Waals surface area contributed by atoms with Crippen molar-refractivity contribution in [3.63, 3.8) is 0 Å². The molecular weight excluding hydrogens is 370 g/mol. The Morgan fingerprint density at radius 2 is 1.85 bits per heavy atom. The van der Waals surface area contributed by atoms with Gasteiger partial charge < -0.3 is 14.7 Å². The number of aromatic nitrogens is 1. The van der Waals surface area contributed by atoms with Gasteiger partial charge in [0.25, 0.3) is 0 Å². The van der Waals surface area contributed by atoms with Gasteiger partial charge in [0.2, 0.25) is 0 Å². The van der Waals surface area contributed by atoms with E-state index in [4.69, 9.17) is 0 Å². The minimum absolute atomic E-state index is 0.0696. The van der Waals surface area contributed by atoms with E-state index in [-0.39, 0.29) is 18.9 Å². The fourth-order valence-electron chi connectivity index (χ4n) is 3.72. The van der Waals surface area contributed by atoms with Crippen molar-refractivity contribution in [2.45, 2.75) is 43.4 Å². The van der Waals surface area contributed by atoms with Crippen LogP contribution in [0.15, 0.2) is 12.1 Å². The Kier molecular flexibility index (Phi) is 4.32. The third-order valence-electron chi connectivity index (χ3n) is 4.79. The van der Waals surface area contributed by atoms with E-state index in [0.717, 1.165) is 12.0 Å². The highest BCUT2D eigenvalue weighted by molar-refractivity contribution is 5.82. The molecule has 0 aromatic carbocycles. The minimum atomic E-state index is -5.09. The largest absolute Gasteiger partial charge is 0.467 e.